The average molecular weight is 309 g/mol. The number of rotatable bonds is 3. The third-order valence-electron chi connectivity index (χ3n) is 3.53. The molecule has 1 atom stereocenters. The molecule has 3 rings (SSSR count). The van der Waals surface area contributed by atoms with Gasteiger partial charge in [-0.05, 0) is 41.0 Å². The highest BCUT2D eigenvalue weighted by atomic mass is 35.5. The lowest BCUT2D eigenvalue weighted by molar-refractivity contribution is 0.178. The Hall–Kier alpha value is -1.22. The van der Waals surface area contributed by atoms with Crippen LogP contribution in [0.25, 0.3) is 0 Å². The largest absolute Gasteiger partial charge is 0.493 e. The number of hydrogen-bond donors (Lipinski definition) is 1. The van der Waals surface area contributed by atoms with Crippen molar-refractivity contribution < 1.29 is 9.84 Å². The Morgan fingerprint density at radius 2 is 2.00 bits per heavy atom. The molecule has 0 saturated heterocycles. The normalized spacial score (nSPS) is 14.8. The highest BCUT2D eigenvalue weighted by Gasteiger charge is 2.16. The smallest absolute Gasteiger partial charge is 0.122 e. The summed E-state index contributed by atoms with van der Waals surface area (Å²) in [5, 5.41) is 11.6. The molecule has 1 unspecified atom stereocenters. The summed E-state index contributed by atoms with van der Waals surface area (Å²) in [5.74, 6) is 0.922. The van der Waals surface area contributed by atoms with Crippen LogP contribution >= 0.6 is 23.2 Å². The summed E-state index contributed by atoms with van der Waals surface area (Å²) in [4.78, 5) is 0. The van der Waals surface area contributed by atoms with Crippen molar-refractivity contribution in [3.05, 3.63) is 63.1 Å². The summed E-state index contributed by atoms with van der Waals surface area (Å²) in [6.07, 6.45) is 0.785. The first kappa shape index (κ1) is 13.7. The lowest BCUT2D eigenvalue weighted by Gasteiger charge is -2.13. The van der Waals surface area contributed by atoms with Crippen molar-refractivity contribution in [1.82, 2.24) is 0 Å². The summed E-state index contributed by atoms with van der Waals surface area (Å²) < 4.78 is 5.47. The SMILES string of the molecule is OC(Cc1ccc(Cl)cc1Cl)c1ccc2c(c1)CCO2. The van der Waals surface area contributed by atoms with Crippen LogP contribution in [-0.2, 0) is 12.8 Å². The third kappa shape index (κ3) is 2.78. The van der Waals surface area contributed by atoms with E-state index in [1.54, 1.807) is 12.1 Å². The summed E-state index contributed by atoms with van der Waals surface area (Å²) >= 11 is 12.0. The van der Waals surface area contributed by atoms with Crippen LogP contribution in [0.5, 0.6) is 5.75 Å². The second kappa shape index (κ2) is 5.65. The van der Waals surface area contributed by atoms with Gasteiger partial charge in [-0.15, -0.1) is 0 Å². The van der Waals surface area contributed by atoms with Crippen LogP contribution in [0, 0.1) is 0 Å². The zero-order valence-electron chi connectivity index (χ0n) is 10.8. The molecule has 0 bridgehead atoms. The molecule has 0 fully saturated rings. The van der Waals surface area contributed by atoms with Gasteiger partial charge >= 0.3 is 0 Å². The molecule has 0 saturated carbocycles. The van der Waals surface area contributed by atoms with E-state index >= 15 is 0 Å². The van der Waals surface area contributed by atoms with E-state index in [4.69, 9.17) is 27.9 Å². The zero-order chi connectivity index (χ0) is 14.1. The van der Waals surface area contributed by atoms with Gasteiger partial charge in [-0.1, -0.05) is 35.3 Å². The van der Waals surface area contributed by atoms with Crippen LogP contribution in [0.3, 0.4) is 0 Å². The van der Waals surface area contributed by atoms with Gasteiger partial charge in [0.2, 0.25) is 0 Å². The summed E-state index contributed by atoms with van der Waals surface area (Å²) in [7, 11) is 0. The van der Waals surface area contributed by atoms with E-state index in [-0.39, 0.29) is 0 Å². The van der Waals surface area contributed by atoms with Gasteiger partial charge in [0.25, 0.3) is 0 Å². The lowest BCUT2D eigenvalue weighted by atomic mass is 9.99. The molecule has 0 amide bonds. The Bertz CT molecular complexity index is 640. The van der Waals surface area contributed by atoms with E-state index < -0.39 is 6.10 Å². The van der Waals surface area contributed by atoms with Crippen molar-refractivity contribution >= 4 is 23.2 Å². The molecule has 2 nitrogen and oxygen atoms in total. The minimum Gasteiger partial charge on any atom is -0.493 e. The van der Waals surface area contributed by atoms with Gasteiger partial charge in [0, 0.05) is 22.9 Å². The van der Waals surface area contributed by atoms with Crippen LogP contribution < -0.4 is 4.74 Å². The Morgan fingerprint density at radius 3 is 2.80 bits per heavy atom. The molecule has 20 heavy (non-hydrogen) atoms. The Kier molecular flexibility index (Phi) is 3.88. The van der Waals surface area contributed by atoms with Crippen molar-refractivity contribution in [2.24, 2.45) is 0 Å². The van der Waals surface area contributed by atoms with E-state index in [1.165, 1.54) is 0 Å². The second-order valence-electron chi connectivity index (χ2n) is 4.92. The molecule has 1 aliphatic heterocycles. The van der Waals surface area contributed by atoms with E-state index in [2.05, 4.69) is 0 Å². The van der Waals surface area contributed by atoms with Gasteiger partial charge in [-0.3, -0.25) is 0 Å². The van der Waals surface area contributed by atoms with Gasteiger partial charge in [0.1, 0.15) is 5.75 Å². The van der Waals surface area contributed by atoms with Gasteiger partial charge in [0.05, 0.1) is 12.7 Å². The van der Waals surface area contributed by atoms with E-state index in [0.29, 0.717) is 16.5 Å². The Morgan fingerprint density at radius 1 is 1.15 bits per heavy atom. The topological polar surface area (TPSA) is 29.5 Å². The molecule has 2 aromatic carbocycles. The standard InChI is InChI=1S/C16H14Cl2O2/c17-13-3-1-10(14(18)9-13)8-15(19)11-2-4-16-12(7-11)5-6-20-16/h1-4,7,9,15,19H,5-6,8H2. The number of fused-ring (bicyclic) bond motifs is 1. The summed E-state index contributed by atoms with van der Waals surface area (Å²) in [6.45, 7) is 0.720. The number of aliphatic hydroxyl groups is 1. The maximum atomic E-state index is 10.4. The van der Waals surface area contributed by atoms with Crippen molar-refractivity contribution in [2.75, 3.05) is 6.61 Å². The number of ether oxygens (including phenoxy) is 1. The molecule has 1 aliphatic rings. The van der Waals surface area contributed by atoms with Crippen LogP contribution in [0.2, 0.25) is 10.0 Å². The fourth-order valence-corrected chi connectivity index (χ4v) is 2.91. The zero-order valence-corrected chi connectivity index (χ0v) is 12.3. The van der Waals surface area contributed by atoms with E-state index in [9.17, 15) is 5.11 Å². The monoisotopic (exact) mass is 308 g/mol. The number of hydrogen-bond acceptors (Lipinski definition) is 2. The predicted molar refractivity (Wildman–Crippen MR) is 80.8 cm³/mol. The maximum Gasteiger partial charge on any atom is 0.122 e. The molecule has 1 N–H and O–H groups in total. The molecule has 4 heteroatoms. The van der Waals surface area contributed by atoms with Crippen molar-refractivity contribution in [3.8, 4) is 5.75 Å². The minimum absolute atomic E-state index is 0.468. The van der Waals surface area contributed by atoms with E-state index in [0.717, 1.165) is 35.5 Å². The van der Waals surface area contributed by atoms with Crippen molar-refractivity contribution in [3.63, 3.8) is 0 Å². The summed E-state index contributed by atoms with van der Waals surface area (Å²) in [6, 6.07) is 11.2. The van der Waals surface area contributed by atoms with Crippen molar-refractivity contribution in [1.29, 1.82) is 0 Å². The molecule has 0 aromatic heterocycles. The van der Waals surface area contributed by atoms with Crippen LogP contribution in [0.4, 0.5) is 0 Å². The molecule has 1 heterocycles. The highest BCUT2D eigenvalue weighted by Crippen LogP contribution is 2.30. The molecular weight excluding hydrogens is 295 g/mol. The maximum absolute atomic E-state index is 10.4. The quantitative estimate of drug-likeness (QED) is 0.920. The number of halogens is 2. The van der Waals surface area contributed by atoms with E-state index in [1.807, 2.05) is 24.3 Å². The molecule has 0 spiro atoms. The first-order chi connectivity index (χ1) is 9.63. The van der Waals surface area contributed by atoms with Gasteiger partial charge in [-0.25, -0.2) is 0 Å². The van der Waals surface area contributed by atoms with Crippen LogP contribution in [0.1, 0.15) is 22.8 Å². The van der Waals surface area contributed by atoms with Crippen molar-refractivity contribution in [2.45, 2.75) is 18.9 Å². The lowest BCUT2D eigenvalue weighted by Crippen LogP contribution is -2.02. The number of benzene rings is 2. The third-order valence-corrected chi connectivity index (χ3v) is 4.11. The molecule has 2 aromatic rings. The Labute approximate surface area is 127 Å². The van der Waals surface area contributed by atoms with Gasteiger partial charge < -0.3 is 9.84 Å². The molecule has 0 aliphatic carbocycles. The van der Waals surface area contributed by atoms with Gasteiger partial charge in [0.15, 0.2) is 0 Å². The first-order valence-electron chi connectivity index (χ1n) is 6.51. The predicted octanol–water partition coefficient (Wildman–Crippen LogP) is 4.20. The fraction of sp³-hybridized carbons (Fsp3) is 0.250. The minimum atomic E-state index is -0.584. The van der Waals surface area contributed by atoms with Crippen LogP contribution in [-0.4, -0.2) is 11.7 Å². The first-order valence-corrected chi connectivity index (χ1v) is 7.26. The van der Waals surface area contributed by atoms with Crippen LogP contribution in [0.15, 0.2) is 36.4 Å². The summed E-state index contributed by atoms with van der Waals surface area (Å²) in [5.41, 5.74) is 2.93. The number of aliphatic hydroxyl groups excluding tert-OH is 1. The molecule has 0 radical (unpaired) electrons. The molecular formula is C16H14Cl2O2. The van der Waals surface area contributed by atoms with Gasteiger partial charge in [-0.2, -0.15) is 0 Å². The second-order valence-corrected chi connectivity index (χ2v) is 5.76. The average Bonchev–Trinajstić information content (AvgIpc) is 2.89. The highest BCUT2D eigenvalue weighted by molar-refractivity contribution is 6.35. The fourth-order valence-electron chi connectivity index (χ4n) is 2.43. The Balaban J connectivity index is 1.80. The molecule has 104 valence electrons.